The van der Waals surface area contributed by atoms with E-state index in [1.54, 1.807) is 6.92 Å². The fourth-order valence-electron chi connectivity index (χ4n) is 5.86. The van der Waals surface area contributed by atoms with E-state index in [9.17, 15) is 24.8 Å². The first-order valence-electron chi connectivity index (χ1n) is 12.9. The number of ketones is 2. The minimum Gasteiger partial charge on any atom is -0.504 e. The van der Waals surface area contributed by atoms with E-state index in [4.69, 9.17) is 15.2 Å². The molecule has 0 aromatic heterocycles. The van der Waals surface area contributed by atoms with Crippen molar-refractivity contribution >= 4 is 17.5 Å². The molecule has 2 aliphatic heterocycles. The van der Waals surface area contributed by atoms with Crippen molar-refractivity contribution in [3.63, 3.8) is 0 Å². The van der Waals surface area contributed by atoms with E-state index < -0.39 is 35.4 Å². The largest absolute Gasteiger partial charge is 0.504 e. The minimum atomic E-state index is -1.26. The molecule has 2 heterocycles. The molecule has 3 aliphatic rings. The number of amides is 1. The molecule has 11 heteroatoms. The summed E-state index contributed by atoms with van der Waals surface area (Å²) < 4.78 is 10.8. The molecule has 0 spiro atoms. The average molecular weight is 538 g/mol. The Labute approximate surface area is 227 Å². The van der Waals surface area contributed by atoms with Crippen LogP contribution in [0.3, 0.4) is 0 Å². The third-order valence-corrected chi connectivity index (χ3v) is 7.79. The van der Waals surface area contributed by atoms with Crippen LogP contribution in [-0.4, -0.2) is 67.5 Å². The second-order valence-electron chi connectivity index (χ2n) is 10.4. The van der Waals surface area contributed by atoms with Gasteiger partial charge in [0.25, 0.3) is 0 Å². The van der Waals surface area contributed by atoms with Gasteiger partial charge in [-0.2, -0.15) is 5.26 Å². The summed E-state index contributed by atoms with van der Waals surface area (Å²) in [6, 6.07) is 2.15. The van der Waals surface area contributed by atoms with Gasteiger partial charge in [-0.05, 0) is 44.7 Å². The molecule has 4 rings (SSSR count). The van der Waals surface area contributed by atoms with Gasteiger partial charge in [-0.1, -0.05) is 6.07 Å². The van der Waals surface area contributed by atoms with Gasteiger partial charge < -0.3 is 30.9 Å². The summed E-state index contributed by atoms with van der Waals surface area (Å²) in [7, 11) is 2.81. The highest BCUT2D eigenvalue weighted by molar-refractivity contribution is 6.24. The zero-order valence-corrected chi connectivity index (χ0v) is 22.9. The van der Waals surface area contributed by atoms with Gasteiger partial charge in [-0.3, -0.25) is 19.7 Å². The predicted molar refractivity (Wildman–Crippen MR) is 142 cm³/mol. The Bertz CT molecular complexity index is 1340. The lowest BCUT2D eigenvalue weighted by molar-refractivity contribution is -0.122. The number of carbonyl (C=O) groups excluding carboxylic acids is 3. The number of carbonyl (C=O) groups is 3. The van der Waals surface area contributed by atoms with Crippen molar-refractivity contribution in [1.82, 2.24) is 16.0 Å². The van der Waals surface area contributed by atoms with E-state index >= 15 is 0 Å². The predicted octanol–water partition coefficient (Wildman–Crippen LogP) is 0.743. The number of hydrogen-bond acceptors (Lipinski definition) is 10. The van der Waals surface area contributed by atoms with Crippen molar-refractivity contribution in [3.8, 4) is 17.6 Å². The maximum atomic E-state index is 13.8. The van der Waals surface area contributed by atoms with Gasteiger partial charge in [0.2, 0.25) is 11.7 Å². The number of allylic oxidation sites excluding steroid dienone is 3. The Balaban J connectivity index is 1.92. The van der Waals surface area contributed by atoms with Crippen LogP contribution in [0.25, 0.3) is 0 Å². The van der Waals surface area contributed by atoms with E-state index in [0.717, 1.165) is 5.56 Å². The molecule has 1 aromatic rings. The van der Waals surface area contributed by atoms with Gasteiger partial charge >= 0.3 is 0 Å². The van der Waals surface area contributed by atoms with Crippen molar-refractivity contribution in [3.05, 3.63) is 45.2 Å². The molecule has 1 aromatic carbocycles. The molecule has 39 heavy (non-hydrogen) atoms. The van der Waals surface area contributed by atoms with Crippen LogP contribution in [0.15, 0.2) is 28.5 Å². The number of Topliss-reactive ketones (excluding diaryl/α,β-unsaturated/α-hetero) is 2. The number of phenolic OH excluding ortho intramolecular Hbond substituents is 1. The van der Waals surface area contributed by atoms with Gasteiger partial charge in [0, 0.05) is 47.8 Å². The monoisotopic (exact) mass is 537 g/mol. The Morgan fingerprint density at radius 2 is 2.03 bits per heavy atom. The van der Waals surface area contributed by atoms with Crippen molar-refractivity contribution < 1.29 is 29.0 Å². The summed E-state index contributed by atoms with van der Waals surface area (Å²) in [6.07, 6.45) is 0.760. The van der Waals surface area contributed by atoms with Crippen molar-refractivity contribution in [2.75, 3.05) is 27.3 Å². The smallest absolute Gasteiger partial charge is 0.236 e. The Kier molecular flexibility index (Phi) is 7.84. The van der Waals surface area contributed by atoms with Crippen LogP contribution in [0.5, 0.6) is 11.5 Å². The number of benzene rings is 1. The maximum Gasteiger partial charge on any atom is 0.236 e. The average Bonchev–Trinajstić information content (AvgIpc) is 3.06. The highest BCUT2D eigenvalue weighted by Crippen LogP contribution is 2.44. The van der Waals surface area contributed by atoms with Gasteiger partial charge in [0.1, 0.15) is 5.54 Å². The number of methoxy groups -OCH3 is 2. The summed E-state index contributed by atoms with van der Waals surface area (Å²) in [5.74, 6) is -0.972. The fourth-order valence-corrected chi connectivity index (χ4v) is 5.86. The molecule has 11 nitrogen and oxygen atoms in total. The van der Waals surface area contributed by atoms with E-state index in [2.05, 4.69) is 22.0 Å². The van der Waals surface area contributed by atoms with Crippen molar-refractivity contribution in [2.45, 2.75) is 63.7 Å². The fraction of sp³-hybridized carbons (Fsp3) is 0.500. The van der Waals surface area contributed by atoms with Crippen LogP contribution < -0.4 is 26.4 Å². The Morgan fingerprint density at radius 3 is 2.64 bits per heavy atom. The van der Waals surface area contributed by atoms with Gasteiger partial charge in [-0.15, -0.1) is 0 Å². The summed E-state index contributed by atoms with van der Waals surface area (Å²) in [5.41, 5.74) is 7.19. The third kappa shape index (κ3) is 4.91. The molecule has 0 saturated carbocycles. The number of ether oxygens (including phenoxy) is 2. The number of nitrogens with two attached hydrogens (primary N) is 1. The number of rotatable bonds is 5. The number of nitrogens with zero attached hydrogens (tertiary/aromatic N) is 1. The molecular weight excluding hydrogens is 502 g/mol. The van der Waals surface area contributed by atoms with E-state index in [1.165, 1.54) is 21.1 Å². The van der Waals surface area contributed by atoms with E-state index in [0.29, 0.717) is 23.3 Å². The standard InChI is InChI=1S/C28H35N5O6/c1-13-8-16-9-28(11-29)12-32-18(20(16)23(35)25(13)38-4)7-6-17-21(19(33-28)10-31-27(37)15(3)30)24(36)26(39-5)14(2)22(17)34/h8,15,18-19,32-33,35H,6-7,9-10,12,30H2,1-5H3,(H,31,37). The molecule has 4 atom stereocenters. The quantitative estimate of drug-likeness (QED) is 0.337. The highest BCUT2D eigenvalue weighted by atomic mass is 16.5. The first-order valence-corrected chi connectivity index (χ1v) is 12.9. The lowest BCUT2D eigenvalue weighted by atomic mass is 9.81. The molecule has 2 bridgehead atoms. The van der Waals surface area contributed by atoms with Gasteiger partial charge in [-0.25, -0.2) is 0 Å². The van der Waals surface area contributed by atoms with Crippen LogP contribution in [0.4, 0.5) is 0 Å². The number of phenols is 1. The molecule has 0 radical (unpaired) electrons. The number of fused-ring (bicyclic) bond motifs is 5. The number of aromatic hydroxyl groups is 1. The molecule has 6 N–H and O–H groups in total. The Hall–Kier alpha value is -3.72. The second kappa shape index (κ2) is 10.8. The SMILES string of the molecule is COC1=C(C)C(=O)C2=C(C1=O)C(CNC(=O)C(C)N)NC1(C#N)CNC(CC2)c2c(cc(C)c(OC)c2O)C1. The zero-order chi connectivity index (χ0) is 28.6. The van der Waals surface area contributed by atoms with Gasteiger partial charge in [0.15, 0.2) is 23.0 Å². The number of aryl methyl sites for hydroxylation is 1. The Morgan fingerprint density at radius 1 is 1.31 bits per heavy atom. The summed E-state index contributed by atoms with van der Waals surface area (Å²) in [5, 5.41) is 31.2. The first-order chi connectivity index (χ1) is 18.5. The normalized spacial score (nSPS) is 25.8. The van der Waals surface area contributed by atoms with Crippen LogP contribution in [-0.2, 0) is 25.5 Å². The minimum absolute atomic E-state index is 0.0169. The van der Waals surface area contributed by atoms with E-state index in [-0.39, 0.29) is 59.9 Å². The molecule has 0 saturated heterocycles. The molecule has 4 unspecified atom stereocenters. The molecule has 0 fully saturated rings. The molecule has 208 valence electrons. The first kappa shape index (κ1) is 28.3. The van der Waals surface area contributed by atoms with Crippen LogP contribution in [0, 0.1) is 18.3 Å². The topological polar surface area (TPSA) is 176 Å². The third-order valence-electron chi connectivity index (χ3n) is 7.79. The van der Waals surface area contributed by atoms with Crippen LogP contribution in [0.1, 0.15) is 49.4 Å². The second-order valence-corrected chi connectivity index (χ2v) is 10.4. The summed E-state index contributed by atoms with van der Waals surface area (Å²) in [4.78, 5) is 39.8. The van der Waals surface area contributed by atoms with E-state index in [1.807, 2.05) is 13.0 Å². The van der Waals surface area contributed by atoms with Crippen LogP contribution >= 0.6 is 0 Å². The molecule has 1 aliphatic carbocycles. The lowest BCUT2D eigenvalue weighted by Crippen LogP contribution is -2.60. The molecule has 1 amide bonds. The molecular formula is C28H35N5O6. The maximum absolute atomic E-state index is 13.8. The summed E-state index contributed by atoms with van der Waals surface area (Å²) in [6.45, 7) is 5.00. The lowest BCUT2D eigenvalue weighted by Gasteiger charge is -2.36. The van der Waals surface area contributed by atoms with Gasteiger partial charge in [0.05, 0.1) is 32.4 Å². The number of nitriles is 1. The van der Waals surface area contributed by atoms with Crippen molar-refractivity contribution in [2.24, 2.45) is 5.73 Å². The van der Waals surface area contributed by atoms with Crippen molar-refractivity contribution in [1.29, 1.82) is 5.26 Å². The van der Waals surface area contributed by atoms with Crippen LogP contribution in [0.2, 0.25) is 0 Å². The zero-order valence-electron chi connectivity index (χ0n) is 22.9. The number of nitrogens with one attached hydrogen (secondary N) is 3. The number of hydrogen-bond donors (Lipinski definition) is 5. The highest BCUT2D eigenvalue weighted by Gasteiger charge is 2.45. The summed E-state index contributed by atoms with van der Waals surface area (Å²) >= 11 is 0.